The molecule has 71 heavy (non-hydrogen) atoms. The van der Waals surface area contributed by atoms with E-state index in [0.717, 1.165) is 73.8 Å². The van der Waals surface area contributed by atoms with Crippen molar-refractivity contribution in [2.75, 3.05) is 25.4 Å². The van der Waals surface area contributed by atoms with Crippen LogP contribution in [0.2, 0.25) is 0 Å². The zero-order chi connectivity index (χ0) is 49.1. The van der Waals surface area contributed by atoms with Gasteiger partial charge in [0.15, 0.2) is 17.5 Å². The number of amides is 1. The Hall–Kier alpha value is -3.49. The van der Waals surface area contributed by atoms with E-state index in [2.05, 4.69) is 56.5 Å². The number of aromatic hydroxyl groups is 1. The van der Waals surface area contributed by atoms with Crippen molar-refractivity contribution in [2.24, 2.45) is 44.5 Å². The number of allylic oxidation sites excluding steroid dienone is 3. The van der Waals surface area contributed by atoms with Crippen LogP contribution in [-0.4, -0.2) is 80.5 Å². The van der Waals surface area contributed by atoms with E-state index in [1.54, 1.807) is 0 Å². The predicted molar refractivity (Wildman–Crippen MR) is 283 cm³/mol. The molecular formula is C57H82N6O6S2. The summed E-state index contributed by atoms with van der Waals surface area (Å²) in [5.74, 6) is 3.32. The molecule has 1 aromatic carbocycles. The van der Waals surface area contributed by atoms with E-state index in [0.29, 0.717) is 99.0 Å². The number of phenols is 1. The number of hydrogen-bond acceptors (Lipinski definition) is 13. The summed E-state index contributed by atoms with van der Waals surface area (Å²) >= 11 is 0. The van der Waals surface area contributed by atoms with Crippen molar-refractivity contribution in [3.63, 3.8) is 0 Å². The van der Waals surface area contributed by atoms with Gasteiger partial charge < -0.3 is 46.7 Å². The third-order valence-corrected chi connectivity index (χ3v) is 23.5. The standard InChI is InChI=1S/C57H82N6O6S2/c1-38(64)68-55-23-11-40(45(65)33-55)9-6-17-52(15-2-3-16-52)37-70-71-57(22-8-20-54(57)18-4-5-19-54)62-51(59)61-28-26-53(32-39-14-27-60-46(58)29-39)34-47(66)63(36-53)35-43-30-41(12-24-55)48-42-13-25-56(69-50(48)49(43)67)21-7-10-44(56)31-42/h13-14,25,29-30,40,42,44-45,60,65,67H,2-12,15-24,26-28,31-37,58H2,1H3,(H3,59,61,62)/t40-,42-,44-,45+,53+,55+,56+,57+/m0/s1. The van der Waals surface area contributed by atoms with E-state index in [9.17, 15) is 19.8 Å². The number of nitrogens with one attached hydrogen (secondary N) is 2. The number of nitrogens with zero attached hydrogens (tertiary/aromatic N) is 2. The lowest BCUT2D eigenvalue weighted by atomic mass is 9.71. The predicted octanol–water partition coefficient (Wildman–Crippen LogP) is 10.1. The van der Waals surface area contributed by atoms with E-state index in [1.807, 2.05) is 11.0 Å². The molecule has 0 aromatic heterocycles. The quantitative estimate of drug-likeness (QED) is 0.0959. The molecule has 6 fully saturated rings. The first kappa shape index (κ1) is 49.7. The van der Waals surface area contributed by atoms with Crippen molar-refractivity contribution in [2.45, 2.75) is 209 Å². The van der Waals surface area contributed by atoms with Gasteiger partial charge in [0.05, 0.1) is 11.9 Å². The van der Waals surface area contributed by atoms with Gasteiger partial charge in [0, 0.05) is 85.5 Å². The molecule has 1 saturated heterocycles. The maximum atomic E-state index is 14.6. The Balaban J connectivity index is 0.950. The van der Waals surface area contributed by atoms with E-state index in [-0.39, 0.29) is 46.3 Å². The highest BCUT2D eigenvalue weighted by Crippen LogP contribution is 2.64. The van der Waals surface area contributed by atoms with E-state index in [1.165, 1.54) is 77.6 Å². The minimum absolute atomic E-state index is 0.0537. The Kier molecular flexibility index (Phi) is 13.8. The number of carbonyl (C=O) groups is 2. The van der Waals surface area contributed by atoms with Crippen LogP contribution in [0, 0.1) is 28.1 Å². The zero-order valence-electron chi connectivity index (χ0n) is 42.5. The average Bonchev–Trinajstić information content (AvgIpc) is 4.17. The van der Waals surface area contributed by atoms with Crippen LogP contribution in [0.3, 0.4) is 0 Å². The normalized spacial score (nSPS) is 36.9. The van der Waals surface area contributed by atoms with Crippen LogP contribution in [0.5, 0.6) is 11.5 Å². The fraction of sp³-hybridized carbons (Fsp3) is 0.737. The molecular weight excluding hydrogens is 929 g/mol. The minimum Gasteiger partial charge on any atom is -0.504 e. The number of esters is 1. The van der Waals surface area contributed by atoms with Crippen LogP contribution in [0.1, 0.15) is 190 Å². The maximum Gasteiger partial charge on any atom is 0.303 e. The zero-order valence-corrected chi connectivity index (χ0v) is 44.1. The summed E-state index contributed by atoms with van der Waals surface area (Å²) in [5.41, 5.74) is 16.1. The molecule has 12 aliphatic rings. The highest BCUT2D eigenvalue weighted by Gasteiger charge is 2.57. The third-order valence-electron chi connectivity index (χ3n) is 20.1. The molecule has 8 atom stereocenters. The third kappa shape index (κ3) is 9.63. The van der Waals surface area contributed by atoms with Gasteiger partial charge in [0.25, 0.3) is 0 Å². The number of ether oxygens (including phenoxy) is 2. The summed E-state index contributed by atoms with van der Waals surface area (Å²) in [4.78, 5) is 34.5. The molecule has 1 aromatic rings. The second-order valence-corrected chi connectivity index (χ2v) is 27.2. The van der Waals surface area contributed by atoms with Gasteiger partial charge in [-0.15, -0.1) is 0 Å². The fourth-order valence-corrected chi connectivity index (χ4v) is 20.7. The number of aliphatic hydroxyl groups is 1. The molecule has 8 bridgehead atoms. The van der Waals surface area contributed by atoms with E-state index < -0.39 is 22.7 Å². The molecule has 6 aliphatic carbocycles. The van der Waals surface area contributed by atoms with Gasteiger partial charge in [0.1, 0.15) is 16.1 Å². The Labute approximate surface area is 430 Å². The van der Waals surface area contributed by atoms with Crippen molar-refractivity contribution in [1.82, 2.24) is 15.5 Å². The lowest BCUT2D eigenvalue weighted by molar-refractivity contribution is -0.169. The molecule has 1 amide bonds. The summed E-state index contributed by atoms with van der Waals surface area (Å²) < 4.78 is 13.5. The summed E-state index contributed by atoms with van der Waals surface area (Å²) in [5, 5.41) is 31.7. The first-order chi connectivity index (χ1) is 34.2. The van der Waals surface area contributed by atoms with Gasteiger partial charge in [-0.1, -0.05) is 65.8 Å². The number of benzene rings is 1. The number of nitrogens with two attached hydrogens (primary N) is 2. The monoisotopic (exact) mass is 1010 g/mol. The van der Waals surface area contributed by atoms with Gasteiger partial charge in [-0.3, -0.25) is 14.6 Å². The number of aliphatic hydroxyl groups excluding tert-OH is 1. The van der Waals surface area contributed by atoms with E-state index in [4.69, 9.17) is 25.9 Å². The van der Waals surface area contributed by atoms with Crippen LogP contribution in [0.15, 0.2) is 46.8 Å². The number of guanidine groups is 1. The highest BCUT2D eigenvalue weighted by molar-refractivity contribution is 8.77. The Morgan fingerprint density at radius 1 is 0.958 bits per heavy atom. The topological polar surface area (TPSA) is 185 Å². The van der Waals surface area contributed by atoms with Crippen molar-refractivity contribution in [3.8, 4) is 11.5 Å². The summed E-state index contributed by atoms with van der Waals surface area (Å²) in [6, 6.07) is 2.12. The van der Waals surface area contributed by atoms with Crippen LogP contribution >= 0.6 is 21.6 Å². The van der Waals surface area contributed by atoms with Crippen molar-refractivity contribution in [3.05, 3.63) is 58.5 Å². The molecule has 4 spiro atoms. The largest absolute Gasteiger partial charge is 0.504 e. The number of rotatable bonds is 3. The number of carbonyl (C=O) groups excluding carboxylic acids is 2. The molecule has 14 heteroatoms. The van der Waals surface area contributed by atoms with Crippen LogP contribution in [-0.2, 0) is 27.3 Å². The van der Waals surface area contributed by atoms with Crippen LogP contribution in [0.4, 0.5) is 0 Å². The van der Waals surface area contributed by atoms with Gasteiger partial charge >= 0.3 is 5.97 Å². The number of aryl methyl sites for hydroxylation is 1. The molecule has 8 N–H and O–H groups in total. The molecule has 12 nitrogen and oxygen atoms in total. The first-order valence-electron chi connectivity index (χ1n) is 27.9. The molecule has 388 valence electrons. The van der Waals surface area contributed by atoms with Crippen molar-refractivity contribution in [1.29, 1.82) is 0 Å². The molecule has 13 rings (SSSR count). The van der Waals surface area contributed by atoms with Gasteiger partial charge in [-0.25, -0.2) is 0 Å². The van der Waals surface area contributed by atoms with Gasteiger partial charge in [-0.05, 0) is 163 Å². The Morgan fingerprint density at radius 2 is 1.75 bits per heavy atom. The summed E-state index contributed by atoms with van der Waals surface area (Å²) in [6.45, 7) is 3.38. The maximum absolute atomic E-state index is 14.6. The second-order valence-electron chi connectivity index (χ2n) is 24.6. The van der Waals surface area contributed by atoms with Gasteiger partial charge in [0.2, 0.25) is 5.91 Å². The lowest BCUT2D eigenvalue weighted by Crippen LogP contribution is -2.55. The molecule has 0 unspecified atom stereocenters. The second kappa shape index (κ2) is 19.7. The smallest absolute Gasteiger partial charge is 0.303 e. The summed E-state index contributed by atoms with van der Waals surface area (Å²) in [6.07, 6.45) is 33.9. The number of aliphatic imine (C=N–C) groups is 1. The van der Waals surface area contributed by atoms with Crippen molar-refractivity contribution >= 4 is 39.4 Å². The number of phenolic OH excluding ortho intramolecular Hbond substituents is 1. The lowest BCUT2D eigenvalue weighted by Gasteiger charge is -2.44. The number of fused-ring (bicyclic) bond motifs is 10. The fourth-order valence-electron chi connectivity index (χ4n) is 16.4. The van der Waals surface area contributed by atoms with E-state index >= 15 is 0 Å². The summed E-state index contributed by atoms with van der Waals surface area (Å²) in [7, 11) is 4.14. The molecule has 0 radical (unpaired) electrons. The van der Waals surface area contributed by atoms with Gasteiger partial charge in [-0.2, -0.15) is 0 Å². The van der Waals surface area contributed by atoms with Crippen LogP contribution in [0.25, 0.3) is 0 Å². The average molecular weight is 1010 g/mol. The minimum atomic E-state index is -0.800. The molecule has 6 aliphatic heterocycles. The molecule has 5 saturated carbocycles. The van der Waals surface area contributed by atoms with Crippen LogP contribution < -0.4 is 26.8 Å². The molecule has 6 heterocycles. The SMILES string of the molecule is CC(=O)O[C@@]12CCc3cc(c(O)c4c3[C@H]3C=C[C@@]5(CCC[C@H]5C3)O4)CN3C[C@@](CC4=CCNC(N)=C4)(CCN=C(N)N[C@]4(CCCC45CCCC5)SSCC4(CCCC4)CCC[C@@H](CC1)[C@H](O)C2)CC3=O. The Bertz CT molecular complexity index is 2340. The first-order valence-corrected chi connectivity index (χ1v) is 30.2. The number of hydrogen-bond donors (Lipinski definition) is 6. The highest BCUT2D eigenvalue weighted by atomic mass is 33.1. The number of dihydropyridines is 1. The van der Waals surface area contributed by atoms with Crippen molar-refractivity contribution < 1.29 is 29.3 Å². The Morgan fingerprint density at radius 3 is 2.55 bits per heavy atom.